The van der Waals surface area contributed by atoms with Crippen LogP contribution in [0.2, 0.25) is 0 Å². The smallest absolute Gasteiger partial charge is 0.222 e. The van der Waals surface area contributed by atoms with Gasteiger partial charge in [-0.3, -0.25) is 9.78 Å². The van der Waals surface area contributed by atoms with E-state index in [1.807, 2.05) is 13.8 Å². The Bertz CT molecular complexity index is 375. The highest BCUT2D eigenvalue weighted by Crippen LogP contribution is 2.15. The van der Waals surface area contributed by atoms with E-state index < -0.39 is 6.29 Å². The van der Waals surface area contributed by atoms with Crippen LogP contribution in [0, 0.1) is 0 Å². The second-order valence-corrected chi connectivity index (χ2v) is 3.74. The highest BCUT2D eigenvalue weighted by atomic mass is 16.7. The predicted molar refractivity (Wildman–Crippen MR) is 62.1 cm³/mol. The zero-order valence-electron chi connectivity index (χ0n) is 10.5. The van der Waals surface area contributed by atoms with Gasteiger partial charge in [0.05, 0.1) is 12.3 Å². The molecule has 0 radical (unpaired) electrons. The van der Waals surface area contributed by atoms with E-state index in [9.17, 15) is 4.79 Å². The normalized spacial score (nSPS) is 10.9. The van der Waals surface area contributed by atoms with Gasteiger partial charge in [0.1, 0.15) is 5.75 Å². The van der Waals surface area contributed by atoms with Crippen LogP contribution in [-0.4, -0.2) is 37.4 Å². The molecule has 0 aliphatic heterocycles. The maximum atomic E-state index is 11.9. The zero-order chi connectivity index (χ0) is 12.8. The van der Waals surface area contributed by atoms with Gasteiger partial charge >= 0.3 is 0 Å². The van der Waals surface area contributed by atoms with Crippen molar-refractivity contribution in [1.29, 1.82) is 0 Å². The van der Waals surface area contributed by atoms with E-state index in [1.165, 1.54) is 20.4 Å². The highest BCUT2D eigenvalue weighted by molar-refractivity contribution is 5.98. The molecule has 0 fully saturated rings. The van der Waals surface area contributed by atoms with Crippen molar-refractivity contribution in [2.45, 2.75) is 26.2 Å². The Balaban J connectivity index is 2.87. The van der Waals surface area contributed by atoms with Crippen LogP contribution in [0.25, 0.3) is 0 Å². The van der Waals surface area contributed by atoms with Gasteiger partial charge in [-0.1, -0.05) is 0 Å². The third-order valence-electron chi connectivity index (χ3n) is 2.01. The number of hydrogen-bond donors (Lipinski definition) is 0. The van der Waals surface area contributed by atoms with Crippen molar-refractivity contribution in [3.05, 3.63) is 24.0 Å². The van der Waals surface area contributed by atoms with E-state index in [0.29, 0.717) is 11.3 Å². The number of aromatic nitrogens is 1. The highest BCUT2D eigenvalue weighted by Gasteiger charge is 2.19. The first-order valence-electron chi connectivity index (χ1n) is 5.30. The van der Waals surface area contributed by atoms with Gasteiger partial charge < -0.3 is 14.2 Å². The minimum atomic E-state index is -0.911. The molecule has 1 rings (SSSR count). The van der Waals surface area contributed by atoms with E-state index >= 15 is 0 Å². The summed E-state index contributed by atoms with van der Waals surface area (Å²) in [5.74, 6) is 0.272. The number of rotatable bonds is 6. The van der Waals surface area contributed by atoms with Crippen molar-refractivity contribution in [3.8, 4) is 5.75 Å². The number of pyridine rings is 1. The molecule has 0 spiro atoms. The van der Waals surface area contributed by atoms with Crippen LogP contribution in [0.5, 0.6) is 5.75 Å². The van der Waals surface area contributed by atoms with Crippen LogP contribution in [-0.2, 0) is 9.47 Å². The average Bonchev–Trinajstić information content (AvgIpc) is 2.30. The fourth-order valence-electron chi connectivity index (χ4n) is 1.34. The van der Waals surface area contributed by atoms with Gasteiger partial charge in [0, 0.05) is 26.0 Å². The number of ether oxygens (including phenoxy) is 3. The average molecular weight is 239 g/mol. The van der Waals surface area contributed by atoms with Gasteiger partial charge in [0.15, 0.2) is 0 Å². The molecule has 0 atom stereocenters. The summed E-state index contributed by atoms with van der Waals surface area (Å²) in [6.45, 7) is 3.81. The summed E-state index contributed by atoms with van der Waals surface area (Å²) in [7, 11) is 2.82. The molecule has 0 unspecified atom stereocenters. The van der Waals surface area contributed by atoms with Gasteiger partial charge in [-0.25, -0.2) is 0 Å². The number of hydrogen-bond acceptors (Lipinski definition) is 5. The molecular weight excluding hydrogens is 222 g/mol. The molecular formula is C12H17NO4. The van der Waals surface area contributed by atoms with Crippen LogP contribution in [0.3, 0.4) is 0 Å². The number of carbonyl (C=O) groups is 1. The van der Waals surface area contributed by atoms with E-state index in [-0.39, 0.29) is 11.9 Å². The first-order chi connectivity index (χ1) is 8.08. The van der Waals surface area contributed by atoms with Crippen LogP contribution >= 0.6 is 0 Å². The lowest BCUT2D eigenvalue weighted by Crippen LogP contribution is -2.25. The Morgan fingerprint density at radius 2 is 1.88 bits per heavy atom. The lowest BCUT2D eigenvalue weighted by molar-refractivity contribution is -0.0742. The first kappa shape index (κ1) is 13.6. The lowest BCUT2D eigenvalue weighted by atomic mass is 10.2. The van der Waals surface area contributed by atoms with Crippen molar-refractivity contribution < 1.29 is 19.0 Å². The van der Waals surface area contributed by atoms with E-state index in [4.69, 9.17) is 14.2 Å². The summed E-state index contributed by atoms with van der Waals surface area (Å²) in [5.41, 5.74) is 0.400. The number of nitrogens with zero attached hydrogens (tertiary/aromatic N) is 1. The molecule has 0 aliphatic carbocycles. The Hall–Kier alpha value is -1.46. The van der Waals surface area contributed by atoms with Crippen molar-refractivity contribution in [3.63, 3.8) is 0 Å². The zero-order valence-corrected chi connectivity index (χ0v) is 10.5. The molecule has 0 aliphatic rings. The Morgan fingerprint density at radius 3 is 2.41 bits per heavy atom. The number of methoxy groups -OCH3 is 2. The summed E-state index contributed by atoms with van der Waals surface area (Å²) < 4.78 is 15.2. The van der Waals surface area contributed by atoms with Crippen molar-refractivity contribution >= 4 is 5.78 Å². The minimum Gasteiger partial charge on any atom is -0.489 e. The van der Waals surface area contributed by atoms with Crippen molar-refractivity contribution in [2.24, 2.45) is 0 Å². The third kappa shape index (κ3) is 3.80. The van der Waals surface area contributed by atoms with Gasteiger partial charge in [0.2, 0.25) is 12.1 Å². The monoisotopic (exact) mass is 239 g/mol. The molecule has 0 saturated heterocycles. The molecule has 0 aromatic carbocycles. The molecule has 94 valence electrons. The van der Waals surface area contributed by atoms with Crippen LogP contribution in [0.4, 0.5) is 0 Å². The van der Waals surface area contributed by atoms with Crippen LogP contribution in [0.1, 0.15) is 24.2 Å². The molecule has 0 amide bonds. The second kappa shape index (κ2) is 6.32. The molecule has 1 heterocycles. The van der Waals surface area contributed by atoms with Gasteiger partial charge in [0.25, 0.3) is 0 Å². The fourth-order valence-corrected chi connectivity index (χ4v) is 1.34. The Kier molecular flexibility index (Phi) is 5.06. The molecule has 0 bridgehead atoms. The number of Topliss-reactive ketones (excluding diaryl/α,β-unsaturated/α-hetero) is 1. The molecule has 1 aromatic rings. The van der Waals surface area contributed by atoms with Crippen LogP contribution in [0.15, 0.2) is 18.5 Å². The van der Waals surface area contributed by atoms with Crippen LogP contribution < -0.4 is 4.74 Å². The molecule has 1 aromatic heterocycles. The lowest BCUT2D eigenvalue weighted by Gasteiger charge is -2.13. The topological polar surface area (TPSA) is 57.7 Å². The summed E-state index contributed by atoms with van der Waals surface area (Å²) >= 11 is 0. The van der Waals surface area contributed by atoms with E-state index in [0.717, 1.165) is 0 Å². The minimum absolute atomic E-state index is 0.0304. The van der Waals surface area contributed by atoms with Gasteiger partial charge in [-0.2, -0.15) is 0 Å². The standard InChI is InChI=1S/C12H17NO4/c1-8(2)17-10-5-9(6-13-7-10)11(14)12(15-3)16-4/h5-8,12H,1-4H3. The maximum absolute atomic E-state index is 11.9. The molecule has 17 heavy (non-hydrogen) atoms. The maximum Gasteiger partial charge on any atom is 0.222 e. The van der Waals surface area contributed by atoms with E-state index in [2.05, 4.69) is 4.98 Å². The number of carbonyl (C=O) groups excluding carboxylic acids is 1. The summed E-state index contributed by atoms with van der Waals surface area (Å²) in [6.07, 6.45) is 2.14. The molecule has 0 saturated carbocycles. The fraction of sp³-hybridized carbons (Fsp3) is 0.500. The summed E-state index contributed by atoms with van der Waals surface area (Å²) in [6, 6.07) is 1.63. The second-order valence-electron chi connectivity index (χ2n) is 3.74. The molecule has 0 N–H and O–H groups in total. The molecule has 5 nitrogen and oxygen atoms in total. The number of ketones is 1. The third-order valence-corrected chi connectivity index (χ3v) is 2.01. The predicted octanol–water partition coefficient (Wildman–Crippen LogP) is 1.67. The van der Waals surface area contributed by atoms with E-state index in [1.54, 1.807) is 12.3 Å². The quantitative estimate of drug-likeness (QED) is 0.558. The van der Waals surface area contributed by atoms with Crippen molar-refractivity contribution in [1.82, 2.24) is 4.98 Å². The Morgan fingerprint density at radius 1 is 1.24 bits per heavy atom. The summed E-state index contributed by atoms with van der Waals surface area (Å²) in [4.78, 5) is 15.9. The Labute approximate surface area is 101 Å². The SMILES string of the molecule is COC(OC)C(=O)c1cncc(OC(C)C)c1. The summed E-state index contributed by atoms with van der Waals surface area (Å²) in [5, 5.41) is 0. The van der Waals surface area contributed by atoms with Gasteiger partial charge in [-0.15, -0.1) is 0 Å². The molecule has 5 heteroatoms. The van der Waals surface area contributed by atoms with Gasteiger partial charge in [-0.05, 0) is 19.9 Å². The largest absolute Gasteiger partial charge is 0.489 e. The first-order valence-corrected chi connectivity index (χ1v) is 5.30. The van der Waals surface area contributed by atoms with Crippen molar-refractivity contribution in [2.75, 3.05) is 14.2 Å².